The van der Waals surface area contributed by atoms with Crippen molar-refractivity contribution in [1.82, 2.24) is 4.98 Å². The molecule has 1 aromatic heterocycles. The summed E-state index contributed by atoms with van der Waals surface area (Å²) in [7, 11) is 0. The molecule has 8 heteroatoms. The fraction of sp³-hybridized carbons (Fsp3) is 0.143. The number of carbonyl (C=O) groups is 1. The van der Waals surface area contributed by atoms with Crippen LogP contribution in [0, 0.1) is 0 Å². The number of halogens is 5. The molecule has 0 N–H and O–H groups in total. The van der Waals surface area contributed by atoms with E-state index in [1.165, 1.54) is 6.07 Å². The molecule has 3 nitrogen and oxygen atoms in total. The number of carbonyl (C=O) groups excluding carboxylic acids is 1. The Hall–Kier alpha value is -0.820. The van der Waals surface area contributed by atoms with E-state index < -0.39 is 17.5 Å². The van der Waals surface area contributed by atoms with Crippen molar-refractivity contribution in [2.45, 2.75) is 6.36 Å². The van der Waals surface area contributed by atoms with E-state index in [1.807, 2.05) is 0 Å². The second kappa shape index (κ2) is 4.36. The molecule has 1 rings (SSSR count). The first kappa shape index (κ1) is 12.3. The van der Waals surface area contributed by atoms with Crippen molar-refractivity contribution >= 4 is 32.8 Å². The van der Waals surface area contributed by atoms with Crippen molar-refractivity contribution in [2.75, 3.05) is 0 Å². The fourth-order valence-electron chi connectivity index (χ4n) is 0.737. The van der Waals surface area contributed by atoms with Gasteiger partial charge in [-0.1, -0.05) is 0 Å². The van der Waals surface area contributed by atoms with Crippen molar-refractivity contribution in [2.24, 2.45) is 0 Å². The van der Waals surface area contributed by atoms with Crippen molar-refractivity contribution < 1.29 is 22.7 Å². The van der Waals surface area contributed by atoms with Crippen LogP contribution in [0.1, 0.15) is 10.5 Å². The summed E-state index contributed by atoms with van der Waals surface area (Å²) >= 11 is 7.99. The van der Waals surface area contributed by atoms with Crippen molar-refractivity contribution in [3.05, 3.63) is 22.3 Å². The van der Waals surface area contributed by atoms with Crippen LogP contribution in [0.4, 0.5) is 13.2 Å². The van der Waals surface area contributed by atoms with Crippen molar-refractivity contribution in [3.8, 4) is 5.88 Å². The van der Waals surface area contributed by atoms with Gasteiger partial charge in [0.25, 0.3) is 5.24 Å². The van der Waals surface area contributed by atoms with Crippen LogP contribution >= 0.6 is 27.5 Å². The third kappa shape index (κ3) is 3.67. The Morgan fingerprint density at radius 1 is 1.47 bits per heavy atom. The lowest BCUT2D eigenvalue weighted by molar-refractivity contribution is -0.276. The zero-order valence-electron chi connectivity index (χ0n) is 6.81. The second-order valence-electron chi connectivity index (χ2n) is 2.30. The molecule has 1 heterocycles. The van der Waals surface area contributed by atoms with E-state index in [0.717, 1.165) is 6.07 Å². The van der Waals surface area contributed by atoms with E-state index in [0.29, 0.717) is 0 Å². The van der Waals surface area contributed by atoms with E-state index in [1.54, 1.807) is 0 Å². The minimum atomic E-state index is -4.85. The highest BCUT2D eigenvalue weighted by molar-refractivity contribution is 9.10. The molecular formula is C7H2BrClF3NO2. The lowest BCUT2D eigenvalue weighted by Crippen LogP contribution is -2.18. The maximum Gasteiger partial charge on any atom is 0.574 e. The van der Waals surface area contributed by atoms with E-state index in [9.17, 15) is 18.0 Å². The maximum atomic E-state index is 11.8. The molecule has 0 saturated carbocycles. The molecule has 0 radical (unpaired) electrons. The quantitative estimate of drug-likeness (QED) is 0.788. The topological polar surface area (TPSA) is 39.2 Å². The molecule has 0 saturated heterocycles. The zero-order valence-corrected chi connectivity index (χ0v) is 9.15. The molecule has 0 spiro atoms. The standard InChI is InChI=1S/C7H2BrClF3NO2/c8-3-1-2-4(15-7(10,11)12)13-5(3)6(9)14/h1-2H. The Bertz CT molecular complexity index is 396. The highest BCUT2D eigenvalue weighted by atomic mass is 79.9. The van der Waals surface area contributed by atoms with Gasteiger partial charge >= 0.3 is 6.36 Å². The van der Waals surface area contributed by atoms with Crippen molar-refractivity contribution in [3.63, 3.8) is 0 Å². The van der Waals surface area contributed by atoms with Crippen LogP contribution in [-0.2, 0) is 0 Å². The first-order valence-corrected chi connectivity index (χ1v) is 4.59. The van der Waals surface area contributed by atoms with Gasteiger partial charge in [-0.2, -0.15) is 0 Å². The highest BCUT2D eigenvalue weighted by Gasteiger charge is 2.32. The number of pyridine rings is 1. The summed E-state index contributed by atoms with van der Waals surface area (Å²) in [6.45, 7) is 0. The molecule has 1 aromatic rings. The Kier molecular flexibility index (Phi) is 3.56. The average Bonchev–Trinajstić information content (AvgIpc) is 2.05. The second-order valence-corrected chi connectivity index (χ2v) is 3.50. The third-order valence-electron chi connectivity index (χ3n) is 1.23. The molecule has 0 aliphatic rings. The molecule has 0 atom stereocenters. The number of aromatic nitrogens is 1. The summed E-state index contributed by atoms with van der Waals surface area (Å²) in [6, 6.07) is 2.14. The number of alkyl halides is 3. The van der Waals surface area contributed by atoms with Crippen LogP contribution in [0.25, 0.3) is 0 Å². The number of ether oxygens (including phenoxy) is 1. The van der Waals surface area contributed by atoms with Gasteiger partial charge in [0.05, 0.1) is 0 Å². The Labute approximate surface area is 95.3 Å². The fourth-order valence-corrected chi connectivity index (χ4v) is 1.40. The van der Waals surface area contributed by atoms with E-state index >= 15 is 0 Å². The van der Waals surface area contributed by atoms with Gasteiger partial charge in [0, 0.05) is 10.5 Å². The molecule has 0 unspecified atom stereocenters. The third-order valence-corrected chi connectivity index (χ3v) is 2.05. The maximum absolute atomic E-state index is 11.8. The van der Waals surface area contributed by atoms with E-state index in [2.05, 4.69) is 25.7 Å². The zero-order chi connectivity index (χ0) is 11.6. The van der Waals surface area contributed by atoms with Crippen LogP contribution < -0.4 is 4.74 Å². The molecule has 82 valence electrons. The van der Waals surface area contributed by atoms with E-state index in [4.69, 9.17) is 11.6 Å². The van der Waals surface area contributed by atoms with Gasteiger partial charge in [0.15, 0.2) is 0 Å². The smallest absolute Gasteiger partial charge is 0.388 e. The predicted molar refractivity (Wildman–Crippen MR) is 48.8 cm³/mol. The number of hydrogen-bond acceptors (Lipinski definition) is 3. The first-order chi connectivity index (χ1) is 6.79. The molecule has 0 amide bonds. The minimum Gasteiger partial charge on any atom is -0.388 e. The minimum absolute atomic E-state index is 0.192. The Morgan fingerprint density at radius 3 is 2.53 bits per heavy atom. The van der Waals surface area contributed by atoms with Gasteiger partial charge in [-0.05, 0) is 33.6 Å². The molecule has 0 aromatic carbocycles. The van der Waals surface area contributed by atoms with Gasteiger partial charge in [-0.25, -0.2) is 4.98 Å². The van der Waals surface area contributed by atoms with Crippen LogP contribution in [0.3, 0.4) is 0 Å². The number of hydrogen-bond donors (Lipinski definition) is 0. The highest BCUT2D eigenvalue weighted by Crippen LogP contribution is 2.24. The lowest BCUT2D eigenvalue weighted by atomic mass is 10.4. The SMILES string of the molecule is O=C(Cl)c1nc(OC(F)(F)F)ccc1Br. The van der Waals surface area contributed by atoms with Crippen LogP contribution in [0.15, 0.2) is 16.6 Å². The van der Waals surface area contributed by atoms with E-state index in [-0.39, 0.29) is 10.2 Å². The predicted octanol–water partition coefficient (Wildman–Crippen LogP) is 3.12. The van der Waals surface area contributed by atoms with Gasteiger partial charge in [0.1, 0.15) is 5.69 Å². The van der Waals surface area contributed by atoms with Crippen molar-refractivity contribution in [1.29, 1.82) is 0 Å². The number of rotatable bonds is 2. The average molecular weight is 304 g/mol. The molecular weight excluding hydrogens is 302 g/mol. The van der Waals surface area contributed by atoms with Gasteiger partial charge < -0.3 is 4.74 Å². The monoisotopic (exact) mass is 303 g/mol. The molecule has 15 heavy (non-hydrogen) atoms. The normalized spacial score (nSPS) is 11.3. The van der Waals surface area contributed by atoms with Gasteiger partial charge in [-0.15, -0.1) is 13.2 Å². The lowest BCUT2D eigenvalue weighted by Gasteiger charge is -2.08. The summed E-state index contributed by atoms with van der Waals surface area (Å²) < 4.78 is 39.0. The Morgan fingerprint density at radius 2 is 2.07 bits per heavy atom. The largest absolute Gasteiger partial charge is 0.574 e. The first-order valence-electron chi connectivity index (χ1n) is 3.42. The summed E-state index contributed by atoms with van der Waals surface area (Å²) in [6.07, 6.45) is -4.85. The summed E-state index contributed by atoms with van der Waals surface area (Å²) in [5.74, 6) is -0.741. The molecule has 0 aliphatic carbocycles. The van der Waals surface area contributed by atoms with Crippen LogP contribution in [0.5, 0.6) is 5.88 Å². The molecule has 0 fully saturated rings. The molecule has 0 aliphatic heterocycles. The summed E-state index contributed by atoms with van der Waals surface area (Å²) in [4.78, 5) is 14.0. The Balaban J connectivity index is 3.03. The van der Waals surface area contributed by atoms with Gasteiger partial charge in [0.2, 0.25) is 5.88 Å². The van der Waals surface area contributed by atoms with Crippen LogP contribution in [-0.4, -0.2) is 16.6 Å². The summed E-state index contributed by atoms with van der Waals surface area (Å²) in [5.41, 5.74) is -0.335. The number of nitrogens with zero attached hydrogens (tertiary/aromatic N) is 1. The summed E-state index contributed by atoms with van der Waals surface area (Å²) in [5, 5.41) is -0.977. The molecule has 0 bridgehead atoms. The van der Waals surface area contributed by atoms with Crippen LogP contribution in [0.2, 0.25) is 0 Å². The van der Waals surface area contributed by atoms with Gasteiger partial charge in [-0.3, -0.25) is 4.79 Å².